The molecule has 24 heavy (non-hydrogen) atoms. The van der Waals surface area contributed by atoms with Crippen LogP contribution in [0.5, 0.6) is 0 Å². The number of alkyl halides is 5. The number of rotatable bonds is 0. The molecule has 3 rings (SSSR count). The molecule has 140 valence electrons. The molecule has 0 radical (unpaired) electrons. The molecule has 0 saturated heterocycles. The predicted octanol–water partition coefficient (Wildman–Crippen LogP) is 3.08. The van der Waals surface area contributed by atoms with Crippen LogP contribution >= 0.6 is 81.2 Å². The van der Waals surface area contributed by atoms with Crippen LogP contribution in [-0.4, -0.2) is 42.5 Å². The van der Waals surface area contributed by atoms with Gasteiger partial charge in [-0.25, -0.2) is 0 Å². The van der Waals surface area contributed by atoms with Crippen LogP contribution in [0.15, 0.2) is 22.2 Å². The summed E-state index contributed by atoms with van der Waals surface area (Å²) < 4.78 is 32.6. The van der Waals surface area contributed by atoms with Crippen molar-refractivity contribution < 1.29 is 40.1 Å². The summed E-state index contributed by atoms with van der Waals surface area (Å²) in [6, 6.07) is 0. The van der Waals surface area contributed by atoms with Crippen molar-refractivity contribution >= 4 is 91.6 Å². The number of hydrogen-bond donors (Lipinski definition) is 0. The Morgan fingerprint density at radius 3 is 1.75 bits per heavy atom. The summed E-state index contributed by atoms with van der Waals surface area (Å²) in [7, 11) is -5.17. The molecule has 0 aromatic heterocycles. The van der Waals surface area contributed by atoms with Crippen molar-refractivity contribution in [2.24, 2.45) is 11.8 Å². The zero-order chi connectivity index (χ0) is 17.3. The molecular formula is C10H7Cl7FeO5S. The summed E-state index contributed by atoms with van der Waals surface area (Å²) in [5.41, 5.74) is 0. The third-order valence-corrected chi connectivity index (χ3v) is 8.61. The second-order valence-electron chi connectivity index (χ2n) is 4.92. The Kier molecular flexibility index (Phi) is 8.30. The fraction of sp³-hybridized carbons (Fsp3) is 0.600. The van der Waals surface area contributed by atoms with Crippen molar-refractivity contribution in [1.29, 1.82) is 0 Å². The molecule has 14 heteroatoms. The average Bonchev–Trinajstić information content (AvgIpc) is 2.82. The number of hydrogen-bond acceptors (Lipinski definition) is 4. The first-order chi connectivity index (χ1) is 9.70. The Morgan fingerprint density at radius 1 is 0.958 bits per heavy atom. The number of allylic oxidation sites excluding steroid dienone is 4. The van der Waals surface area contributed by atoms with E-state index in [1.54, 1.807) is 0 Å². The van der Waals surface area contributed by atoms with Gasteiger partial charge in [-0.05, 0) is 0 Å². The normalized spacial score (nSPS) is 41.1. The molecule has 1 fully saturated rings. The molecule has 0 spiro atoms. The molecule has 5 unspecified atom stereocenters. The van der Waals surface area contributed by atoms with Crippen LogP contribution in [0.4, 0.5) is 0 Å². The van der Waals surface area contributed by atoms with Crippen LogP contribution in [0.2, 0.25) is 0 Å². The standard InChI is InChI=1S/C10H5Cl7.Fe.H2O4S.H2O/c11-4-2-1-3-5(4)9(15)7(13)6(12)8(3,14)10(9,16)17;;1-5(2,3)4;/h1-5H;;(H2,1,2,3,4);1H2/q;+2;;/p-2. The molecule has 2 bridgehead atoms. The summed E-state index contributed by atoms with van der Waals surface area (Å²) in [5.74, 6) is -0.470. The van der Waals surface area contributed by atoms with Gasteiger partial charge in [-0.3, -0.25) is 8.42 Å². The predicted molar refractivity (Wildman–Crippen MR) is 90.2 cm³/mol. The zero-order valence-electron chi connectivity index (χ0n) is 10.9. The van der Waals surface area contributed by atoms with Crippen molar-refractivity contribution in [3.63, 3.8) is 0 Å². The topological polar surface area (TPSA) is 112 Å². The molecule has 2 N–H and O–H groups in total. The molecule has 0 aromatic rings. The minimum atomic E-state index is -5.17. The van der Waals surface area contributed by atoms with E-state index in [-0.39, 0.29) is 49.8 Å². The van der Waals surface area contributed by atoms with Gasteiger partial charge in [-0.15, -0.1) is 34.8 Å². The molecule has 1 saturated carbocycles. The first-order valence-electron chi connectivity index (χ1n) is 5.51. The third-order valence-electron chi connectivity index (χ3n) is 3.90. The van der Waals surface area contributed by atoms with Crippen molar-refractivity contribution in [2.45, 2.75) is 19.5 Å². The van der Waals surface area contributed by atoms with E-state index in [0.717, 1.165) is 0 Å². The summed E-state index contributed by atoms with van der Waals surface area (Å²) >= 11 is 44.5. The van der Waals surface area contributed by atoms with Gasteiger partial charge in [0.2, 0.25) is 0 Å². The monoisotopic (exact) mass is 540 g/mol. The minimum Gasteiger partial charge on any atom is -0.759 e. The van der Waals surface area contributed by atoms with Crippen molar-refractivity contribution in [3.8, 4) is 0 Å². The van der Waals surface area contributed by atoms with E-state index >= 15 is 0 Å². The minimum absolute atomic E-state index is 0. The Hall–Kier alpha value is 1.86. The van der Waals surface area contributed by atoms with Crippen LogP contribution in [-0.2, 0) is 27.5 Å². The van der Waals surface area contributed by atoms with Gasteiger partial charge in [0, 0.05) is 22.2 Å². The van der Waals surface area contributed by atoms with E-state index in [1.807, 2.05) is 12.2 Å². The maximum absolute atomic E-state index is 8.52. The molecule has 3 aliphatic rings. The summed E-state index contributed by atoms with van der Waals surface area (Å²) in [6.07, 6.45) is 3.69. The van der Waals surface area contributed by atoms with Crippen LogP contribution in [0.25, 0.3) is 0 Å². The van der Waals surface area contributed by atoms with Crippen LogP contribution in [0, 0.1) is 11.8 Å². The molecule has 0 aromatic carbocycles. The van der Waals surface area contributed by atoms with E-state index in [0.29, 0.717) is 0 Å². The van der Waals surface area contributed by atoms with E-state index in [2.05, 4.69) is 0 Å². The van der Waals surface area contributed by atoms with Crippen molar-refractivity contribution in [2.75, 3.05) is 0 Å². The second kappa shape index (κ2) is 7.70. The summed E-state index contributed by atoms with van der Waals surface area (Å²) in [6.45, 7) is 0. The molecule has 0 heterocycles. The Morgan fingerprint density at radius 2 is 1.33 bits per heavy atom. The molecule has 5 atom stereocenters. The van der Waals surface area contributed by atoms with Gasteiger partial charge in [-0.1, -0.05) is 58.6 Å². The second-order valence-corrected chi connectivity index (χ2v) is 9.51. The van der Waals surface area contributed by atoms with Gasteiger partial charge in [0.1, 0.15) is 9.75 Å². The third kappa shape index (κ3) is 3.37. The quantitative estimate of drug-likeness (QED) is 0.154. The Balaban J connectivity index is 0.000000673. The molecule has 0 amide bonds. The fourth-order valence-corrected chi connectivity index (χ4v) is 6.60. The maximum Gasteiger partial charge on any atom is 2.00 e. The fourth-order valence-electron chi connectivity index (χ4n) is 3.08. The van der Waals surface area contributed by atoms with Crippen molar-refractivity contribution in [1.82, 2.24) is 0 Å². The van der Waals surface area contributed by atoms with Gasteiger partial charge in [0.15, 0.2) is 4.33 Å². The number of halogens is 7. The number of fused-ring (bicyclic) bond motifs is 5. The first-order valence-corrected chi connectivity index (χ1v) is 9.55. The smallest absolute Gasteiger partial charge is 0.759 e. The first kappa shape index (κ1) is 25.9. The van der Waals surface area contributed by atoms with Crippen molar-refractivity contribution in [3.05, 3.63) is 22.2 Å². The van der Waals surface area contributed by atoms with Gasteiger partial charge < -0.3 is 14.6 Å². The van der Waals surface area contributed by atoms with Crippen LogP contribution in [0.3, 0.4) is 0 Å². The van der Waals surface area contributed by atoms with Gasteiger partial charge in [-0.2, -0.15) is 0 Å². The summed E-state index contributed by atoms with van der Waals surface area (Å²) in [5, 5.41) is 0.113. The Labute approximate surface area is 183 Å². The molecule has 3 aliphatic carbocycles. The van der Waals surface area contributed by atoms with E-state index < -0.39 is 24.5 Å². The summed E-state index contributed by atoms with van der Waals surface area (Å²) in [4.78, 5) is -2.45. The molecular weight excluding hydrogens is 536 g/mol. The van der Waals surface area contributed by atoms with E-state index in [9.17, 15) is 0 Å². The molecule has 5 nitrogen and oxygen atoms in total. The van der Waals surface area contributed by atoms with Crippen LogP contribution < -0.4 is 0 Å². The maximum atomic E-state index is 8.52. The van der Waals surface area contributed by atoms with Gasteiger partial charge >= 0.3 is 17.1 Å². The zero-order valence-corrected chi connectivity index (χ0v) is 18.1. The van der Waals surface area contributed by atoms with E-state index in [4.69, 9.17) is 98.7 Å². The van der Waals surface area contributed by atoms with E-state index in [1.165, 1.54) is 0 Å². The SMILES string of the molecule is ClC1=C(Cl)C2(Cl)C3C(Cl)C=CC3C1(Cl)C2(Cl)Cl.O.O=S(=O)([O-])[O-].[Fe+2]. The van der Waals surface area contributed by atoms with Gasteiger partial charge in [0.05, 0.1) is 15.4 Å². The van der Waals surface area contributed by atoms with Gasteiger partial charge in [0.25, 0.3) is 0 Å². The van der Waals surface area contributed by atoms with Crippen LogP contribution in [0.1, 0.15) is 0 Å². The average molecular weight is 543 g/mol. The Bertz CT molecular complexity index is 675. The molecule has 0 aliphatic heterocycles. The largest absolute Gasteiger partial charge is 2.00 e.